The van der Waals surface area contributed by atoms with Crippen molar-refractivity contribution in [2.24, 2.45) is 0 Å². The van der Waals surface area contributed by atoms with Crippen LogP contribution >= 0.6 is 0 Å². The van der Waals surface area contributed by atoms with Gasteiger partial charge in [-0.25, -0.2) is 4.39 Å². The first-order valence-corrected chi connectivity index (χ1v) is 9.37. The van der Waals surface area contributed by atoms with Crippen molar-refractivity contribution in [3.8, 4) is 22.8 Å². The fraction of sp³-hybridized carbons (Fsp3) is 0.273. The van der Waals surface area contributed by atoms with Gasteiger partial charge in [0.2, 0.25) is 0 Å². The number of nitrogens with one attached hydrogen (secondary N) is 1. The van der Waals surface area contributed by atoms with Crippen LogP contribution in [0.15, 0.2) is 54.6 Å². The van der Waals surface area contributed by atoms with Crippen molar-refractivity contribution in [3.05, 3.63) is 66.1 Å². The van der Waals surface area contributed by atoms with Crippen molar-refractivity contribution in [3.63, 3.8) is 0 Å². The lowest BCUT2D eigenvalue weighted by molar-refractivity contribution is -0.132. The van der Waals surface area contributed by atoms with Gasteiger partial charge in [0.15, 0.2) is 18.1 Å². The first-order chi connectivity index (χ1) is 14.1. The van der Waals surface area contributed by atoms with E-state index in [9.17, 15) is 9.18 Å². The molecule has 0 bridgehead atoms. The second-order valence-corrected chi connectivity index (χ2v) is 6.65. The number of hydrogen-bond donors (Lipinski definition) is 1. The molecular weight excluding hydrogens is 373 g/mol. The predicted molar refractivity (Wildman–Crippen MR) is 108 cm³/mol. The molecule has 3 aromatic rings. The molecule has 7 heteroatoms. The van der Waals surface area contributed by atoms with Gasteiger partial charge in [0.1, 0.15) is 5.82 Å². The Labute approximate surface area is 169 Å². The minimum absolute atomic E-state index is 0.0509. The highest BCUT2D eigenvalue weighted by Crippen LogP contribution is 2.25. The normalized spacial score (nSPS) is 10.6. The molecule has 0 saturated heterocycles. The molecule has 2 aromatic carbocycles. The molecule has 0 atom stereocenters. The monoisotopic (exact) mass is 397 g/mol. The van der Waals surface area contributed by atoms with E-state index < -0.39 is 0 Å². The molecule has 0 unspecified atom stereocenters. The number of H-pyrrole nitrogens is 1. The summed E-state index contributed by atoms with van der Waals surface area (Å²) in [5.74, 6) is 0.735. The van der Waals surface area contributed by atoms with E-state index in [1.54, 1.807) is 37.3 Å². The number of aromatic amines is 1. The van der Waals surface area contributed by atoms with Gasteiger partial charge in [-0.15, -0.1) is 0 Å². The molecule has 6 nitrogen and oxygen atoms in total. The van der Waals surface area contributed by atoms with E-state index in [0.717, 1.165) is 24.1 Å². The van der Waals surface area contributed by atoms with Crippen molar-refractivity contribution in [2.45, 2.75) is 12.8 Å². The number of aryl methyl sites for hydroxylation is 1. The number of carbonyl (C=O) groups excluding carboxylic acids is 1. The Morgan fingerprint density at radius 1 is 1.14 bits per heavy atom. The number of likely N-dealkylation sites (N-methyl/N-ethyl adjacent to an activating group) is 1. The summed E-state index contributed by atoms with van der Waals surface area (Å²) in [6.45, 7) is 0.535. The first-order valence-electron chi connectivity index (χ1n) is 9.37. The van der Waals surface area contributed by atoms with Crippen molar-refractivity contribution in [1.82, 2.24) is 15.1 Å². The number of para-hydroxylation sites is 2. The number of hydrogen-bond acceptors (Lipinski definition) is 4. The summed E-state index contributed by atoms with van der Waals surface area (Å²) in [5, 5.41) is 7.21. The molecule has 0 spiro atoms. The van der Waals surface area contributed by atoms with Gasteiger partial charge in [-0.3, -0.25) is 9.89 Å². The van der Waals surface area contributed by atoms with Gasteiger partial charge in [-0.1, -0.05) is 24.3 Å². The Balaban J connectivity index is 1.45. The van der Waals surface area contributed by atoms with E-state index in [4.69, 9.17) is 9.47 Å². The largest absolute Gasteiger partial charge is 0.493 e. The third-order valence-electron chi connectivity index (χ3n) is 4.54. The molecule has 29 heavy (non-hydrogen) atoms. The first kappa shape index (κ1) is 20.4. The maximum atomic E-state index is 13.3. The number of methoxy groups -OCH3 is 1. The highest BCUT2D eigenvalue weighted by molar-refractivity contribution is 5.77. The van der Waals surface area contributed by atoms with Crippen molar-refractivity contribution < 1.29 is 18.7 Å². The number of ether oxygens (including phenoxy) is 2. The molecule has 1 aromatic heterocycles. The second-order valence-electron chi connectivity index (χ2n) is 6.65. The summed E-state index contributed by atoms with van der Waals surface area (Å²) in [5.41, 5.74) is 2.37. The standard InChI is InChI=1S/C22H24FN3O3/c1-26(22(27)15-29-21-11-4-3-10-20(21)28-2)12-6-9-18-14-19(25-24-18)16-7-5-8-17(23)13-16/h3-5,7-8,10-11,13-14H,6,9,12,15H2,1-2H3,(H,24,25). The zero-order valence-electron chi connectivity index (χ0n) is 16.5. The van der Waals surface area contributed by atoms with Crippen LogP contribution in [0.2, 0.25) is 0 Å². The summed E-state index contributed by atoms with van der Waals surface area (Å²) in [4.78, 5) is 13.9. The number of benzene rings is 2. The van der Waals surface area contributed by atoms with Gasteiger partial charge in [0.05, 0.1) is 12.8 Å². The molecule has 0 fully saturated rings. The fourth-order valence-electron chi connectivity index (χ4n) is 2.90. The third kappa shape index (κ3) is 5.57. The molecule has 152 valence electrons. The molecule has 1 amide bonds. The summed E-state index contributed by atoms with van der Waals surface area (Å²) in [6.07, 6.45) is 1.50. The lowest BCUT2D eigenvalue weighted by atomic mass is 10.1. The average Bonchev–Trinajstić information content (AvgIpc) is 3.21. The number of rotatable bonds is 9. The Bertz CT molecular complexity index is 958. The quantitative estimate of drug-likeness (QED) is 0.598. The second kappa shape index (κ2) is 9.73. The summed E-state index contributed by atoms with van der Waals surface area (Å²) in [6, 6.07) is 15.5. The maximum Gasteiger partial charge on any atom is 0.260 e. The topological polar surface area (TPSA) is 67.5 Å². The highest BCUT2D eigenvalue weighted by atomic mass is 19.1. The number of aromatic nitrogens is 2. The molecule has 0 aliphatic heterocycles. The lowest BCUT2D eigenvalue weighted by Crippen LogP contribution is -2.32. The zero-order valence-corrected chi connectivity index (χ0v) is 16.5. The average molecular weight is 397 g/mol. The minimum atomic E-state index is -0.289. The van der Waals surface area contributed by atoms with Crippen LogP contribution in [-0.4, -0.2) is 48.3 Å². The number of halogens is 1. The summed E-state index contributed by atoms with van der Waals surface area (Å²) >= 11 is 0. The van der Waals surface area contributed by atoms with Crippen molar-refractivity contribution >= 4 is 5.91 Å². The number of carbonyl (C=O) groups is 1. The van der Waals surface area contributed by atoms with E-state index in [1.165, 1.54) is 12.1 Å². The third-order valence-corrected chi connectivity index (χ3v) is 4.54. The molecule has 1 heterocycles. The Morgan fingerprint density at radius 2 is 1.93 bits per heavy atom. The van der Waals surface area contributed by atoms with Crippen LogP contribution in [0, 0.1) is 5.82 Å². The SMILES string of the molecule is COc1ccccc1OCC(=O)N(C)CCCc1cc(-c2cccc(F)c2)n[nH]1. The summed E-state index contributed by atoms with van der Waals surface area (Å²) in [7, 11) is 3.31. The van der Waals surface area contributed by atoms with E-state index in [0.29, 0.717) is 23.7 Å². The van der Waals surface area contributed by atoms with Crippen LogP contribution in [0.5, 0.6) is 11.5 Å². The van der Waals surface area contributed by atoms with Crippen LogP contribution < -0.4 is 9.47 Å². The van der Waals surface area contributed by atoms with E-state index >= 15 is 0 Å². The zero-order chi connectivity index (χ0) is 20.6. The van der Waals surface area contributed by atoms with Crippen LogP contribution in [0.4, 0.5) is 4.39 Å². The minimum Gasteiger partial charge on any atom is -0.493 e. The number of nitrogens with zero attached hydrogens (tertiary/aromatic N) is 2. The van der Waals surface area contributed by atoms with Crippen LogP contribution in [0.3, 0.4) is 0 Å². The van der Waals surface area contributed by atoms with Crippen molar-refractivity contribution in [2.75, 3.05) is 27.3 Å². The highest BCUT2D eigenvalue weighted by Gasteiger charge is 2.12. The molecule has 1 N–H and O–H groups in total. The Kier molecular flexibility index (Phi) is 6.84. The van der Waals surface area contributed by atoms with E-state index in [-0.39, 0.29) is 18.3 Å². The molecule has 3 rings (SSSR count). The Hall–Kier alpha value is -3.35. The van der Waals surface area contributed by atoms with Gasteiger partial charge >= 0.3 is 0 Å². The molecule has 0 saturated carbocycles. The van der Waals surface area contributed by atoms with E-state index in [1.807, 2.05) is 24.3 Å². The lowest BCUT2D eigenvalue weighted by Gasteiger charge is -2.17. The Morgan fingerprint density at radius 3 is 2.69 bits per heavy atom. The van der Waals surface area contributed by atoms with Gasteiger partial charge in [-0.2, -0.15) is 5.10 Å². The molecule has 0 aliphatic rings. The van der Waals surface area contributed by atoms with Gasteiger partial charge in [0.25, 0.3) is 5.91 Å². The predicted octanol–water partition coefficient (Wildman–Crippen LogP) is 3.69. The molecular formula is C22H24FN3O3. The fourth-order valence-corrected chi connectivity index (χ4v) is 2.90. The molecule has 0 radical (unpaired) electrons. The van der Waals surface area contributed by atoms with Crippen LogP contribution in [0.25, 0.3) is 11.3 Å². The maximum absolute atomic E-state index is 13.3. The van der Waals surface area contributed by atoms with Gasteiger partial charge in [-0.05, 0) is 43.2 Å². The van der Waals surface area contributed by atoms with Gasteiger partial charge in [0, 0.05) is 24.8 Å². The smallest absolute Gasteiger partial charge is 0.260 e. The summed E-state index contributed by atoms with van der Waals surface area (Å²) < 4.78 is 24.1. The van der Waals surface area contributed by atoms with Crippen molar-refractivity contribution in [1.29, 1.82) is 0 Å². The van der Waals surface area contributed by atoms with Crippen LogP contribution in [0.1, 0.15) is 12.1 Å². The number of amides is 1. The van der Waals surface area contributed by atoms with Gasteiger partial charge < -0.3 is 14.4 Å². The van der Waals surface area contributed by atoms with E-state index in [2.05, 4.69) is 10.2 Å². The van der Waals surface area contributed by atoms with Crippen LogP contribution in [-0.2, 0) is 11.2 Å². The molecule has 0 aliphatic carbocycles.